The number of hydrogen-bond donors (Lipinski definition) is 3. The average molecular weight is 277 g/mol. The van der Waals surface area contributed by atoms with Crippen LogP contribution >= 0.6 is 0 Å². The molecule has 0 aromatic rings. The van der Waals surface area contributed by atoms with Gasteiger partial charge >= 0.3 is 0 Å². The Hall–Kier alpha value is -1.31. The summed E-state index contributed by atoms with van der Waals surface area (Å²) in [4.78, 5) is 12.0. The molecular weight excluding hydrogens is 258 g/mol. The minimum atomic E-state index is -3.04. The molecule has 0 bridgehead atoms. The lowest BCUT2D eigenvalue weighted by Gasteiger charge is -2.21. The monoisotopic (exact) mass is 277 g/mol. The Morgan fingerprint density at radius 3 is 2.50 bits per heavy atom. The zero-order valence-electron chi connectivity index (χ0n) is 10.5. The topological polar surface area (TPSA) is 122 Å². The van der Waals surface area contributed by atoms with Crippen LogP contribution in [0.4, 0.5) is 0 Å². The van der Waals surface area contributed by atoms with Gasteiger partial charge in [-0.3, -0.25) is 4.79 Å². The SMILES string of the molecule is CC(C)C(C(=O)NC1CCS(=O)(=O)C1)C(N)=NO. The summed E-state index contributed by atoms with van der Waals surface area (Å²) in [6.07, 6.45) is 0.412. The number of nitrogens with zero attached hydrogens (tertiary/aromatic N) is 1. The van der Waals surface area contributed by atoms with E-state index in [0.29, 0.717) is 6.42 Å². The maximum Gasteiger partial charge on any atom is 0.231 e. The second-order valence-electron chi connectivity index (χ2n) is 4.86. The Kier molecular flexibility index (Phi) is 4.55. The fourth-order valence-electron chi connectivity index (χ4n) is 2.04. The molecule has 0 aromatic heterocycles. The summed E-state index contributed by atoms with van der Waals surface area (Å²) in [5.41, 5.74) is 5.47. The van der Waals surface area contributed by atoms with Gasteiger partial charge in [-0.05, 0) is 12.3 Å². The van der Waals surface area contributed by atoms with Crippen LogP contribution < -0.4 is 11.1 Å². The Bertz CT molecular complexity index is 444. The molecule has 0 aromatic carbocycles. The van der Waals surface area contributed by atoms with Gasteiger partial charge in [-0.15, -0.1) is 0 Å². The molecule has 1 amide bonds. The molecule has 0 aliphatic carbocycles. The maximum atomic E-state index is 12.0. The van der Waals surface area contributed by atoms with Crippen molar-refractivity contribution >= 4 is 21.6 Å². The molecule has 4 N–H and O–H groups in total. The molecular formula is C10H19N3O4S. The fourth-order valence-corrected chi connectivity index (χ4v) is 3.71. The molecule has 0 radical (unpaired) electrons. The third-order valence-electron chi connectivity index (χ3n) is 2.96. The van der Waals surface area contributed by atoms with E-state index in [4.69, 9.17) is 10.9 Å². The first-order valence-corrected chi connectivity index (χ1v) is 7.57. The third-order valence-corrected chi connectivity index (χ3v) is 4.73. The summed E-state index contributed by atoms with van der Waals surface area (Å²) < 4.78 is 22.6. The number of amidine groups is 1. The van der Waals surface area contributed by atoms with E-state index >= 15 is 0 Å². The summed E-state index contributed by atoms with van der Waals surface area (Å²) in [5.74, 6) is -1.41. The van der Waals surface area contributed by atoms with Gasteiger partial charge in [0.2, 0.25) is 5.91 Å². The average Bonchev–Trinajstić information content (AvgIpc) is 2.57. The molecule has 0 spiro atoms. The highest BCUT2D eigenvalue weighted by Crippen LogP contribution is 2.15. The van der Waals surface area contributed by atoms with Gasteiger partial charge in [-0.1, -0.05) is 19.0 Å². The maximum absolute atomic E-state index is 12.0. The van der Waals surface area contributed by atoms with Crippen LogP contribution in [0.25, 0.3) is 0 Å². The second kappa shape index (κ2) is 5.55. The van der Waals surface area contributed by atoms with Crippen LogP contribution in [0.15, 0.2) is 5.16 Å². The zero-order valence-corrected chi connectivity index (χ0v) is 11.3. The number of oxime groups is 1. The molecule has 7 nitrogen and oxygen atoms in total. The van der Waals surface area contributed by atoms with Crippen LogP contribution in [0.3, 0.4) is 0 Å². The molecule has 1 heterocycles. The molecule has 1 rings (SSSR count). The predicted molar refractivity (Wildman–Crippen MR) is 66.9 cm³/mol. The van der Waals surface area contributed by atoms with E-state index in [1.54, 1.807) is 13.8 Å². The Morgan fingerprint density at radius 1 is 1.50 bits per heavy atom. The molecule has 1 saturated heterocycles. The van der Waals surface area contributed by atoms with Crippen LogP contribution in [-0.2, 0) is 14.6 Å². The first-order chi connectivity index (χ1) is 8.26. The van der Waals surface area contributed by atoms with E-state index in [2.05, 4.69) is 10.5 Å². The Balaban J connectivity index is 2.69. The first kappa shape index (κ1) is 14.7. The largest absolute Gasteiger partial charge is 0.409 e. The number of nitrogens with two attached hydrogens (primary N) is 1. The molecule has 1 fully saturated rings. The van der Waals surface area contributed by atoms with E-state index in [1.807, 2.05) is 0 Å². The quantitative estimate of drug-likeness (QED) is 0.272. The number of nitrogens with one attached hydrogen (secondary N) is 1. The van der Waals surface area contributed by atoms with Crippen molar-refractivity contribution in [3.63, 3.8) is 0 Å². The highest BCUT2D eigenvalue weighted by atomic mass is 32.2. The van der Waals surface area contributed by atoms with Crippen LogP contribution in [-0.4, -0.2) is 42.9 Å². The van der Waals surface area contributed by atoms with E-state index in [9.17, 15) is 13.2 Å². The van der Waals surface area contributed by atoms with Crippen molar-refractivity contribution < 1.29 is 18.4 Å². The number of hydrogen-bond acceptors (Lipinski definition) is 5. The van der Waals surface area contributed by atoms with E-state index in [1.165, 1.54) is 0 Å². The van der Waals surface area contributed by atoms with Gasteiger partial charge in [0.15, 0.2) is 15.7 Å². The van der Waals surface area contributed by atoms with Gasteiger partial charge in [-0.25, -0.2) is 8.42 Å². The summed E-state index contributed by atoms with van der Waals surface area (Å²) in [6, 6.07) is -0.379. The molecule has 1 aliphatic heterocycles. The van der Waals surface area contributed by atoms with Crippen molar-refractivity contribution in [3.8, 4) is 0 Å². The van der Waals surface area contributed by atoms with Crippen molar-refractivity contribution in [2.24, 2.45) is 22.7 Å². The van der Waals surface area contributed by atoms with Gasteiger partial charge < -0.3 is 16.3 Å². The highest BCUT2D eigenvalue weighted by molar-refractivity contribution is 7.91. The number of carbonyl (C=O) groups excluding carboxylic acids is 1. The molecule has 2 atom stereocenters. The third kappa shape index (κ3) is 3.59. The van der Waals surface area contributed by atoms with Gasteiger partial charge in [0.1, 0.15) is 5.92 Å². The predicted octanol–water partition coefficient (Wildman–Crippen LogP) is -0.692. The lowest BCUT2D eigenvalue weighted by Crippen LogP contribution is -2.46. The molecule has 104 valence electrons. The van der Waals surface area contributed by atoms with E-state index in [0.717, 1.165) is 0 Å². The molecule has 2 unspecified atom stereocenters. The van der Waals surface area contributed by atoms with Crippen molar-refractivity contribution in [1.29, 1.82) is 0 Å². The standard InChI is InChI=1S/C10H19N3O4S/c1-6(2)8(9(11)13-15)10(14)12-7-3-4-18(16,17)5-7/h6-8,15H,3-5H2,1-2H3,(H2,11,13)(H,12,14). The fraction of sp³-hybridized carbons (Fsp3) is 0.800. The molecule has 18 heavy (non-hydrogen) atoms. The van der Waals surface area contributed by atoms with Crippen molar-refractivity contribution in [1.82, 2.24) is 5.32 Å². The first-order valence-electron chi connectivity index (χ1n) is 5.75. The number of rotatable bonds is 4. The minimum absolute atomic E-state index is 0.0419. The van der Waals surface area contributed by atoms with Crippen molar-refractivity contribution in [2.75, 3.05) is 11.5 Å². The zero-order chi connectivity index (χ0) is 13.9. The lowest BCUT2D eigenvalue weighted by molar-refractivity contribution is -0.124. The summed E-state index contributed by atoms with van der Waals surface area (Å²) in [6.45, 7) is 3.54. The Labute approximate surface area is 106 Å². The van der Waals surface area contributed by atoms with Crippen LogP contribution in [0.1, 0.15) is 20.3 Å². The molecule has 0 saturated carbocycles. The molecule has 8 heteroatoms. The summed E-state index contributed by atoms with van der Waals surface area (Å²) in [5, 5.41) is 14.1. The molecule has 1 aliphatic rings. The minimum Gasteiger partial charge on any atom is -0.409 e. The smallest absolute Gasteiger partial charge is 0.231 e. The number of sulfone groups is 1. The van der Waals surface area contributed by atoms with Gasteiger partial charge in [-0.2, -0.15) is 0 Å². The van der Waals surface area contributed by atoms with Crippen LogP contribution in [0, 0.1) is 11.8 Å². The van der Waals surface area contributed by atoms with Crippen molar-refractivity contribution in [2.45, 2.75) is 26.3 Å². The number of carbonyl (C=O) groups is 1. The van der Waals surface area contributed by atoms with Crippen molar-refractivity contribution in [3.05, 3.63) is 0 Å². The highest BCUT2D eigenvalue weighted by Gasteiger charge is 2.33. The summed E-state index contributed by atoms with van der Waals surface area (Å²) in [7, 11) is -3.04. The van der Waals surface area contributed by atoms with Crippen LogP contribution in [0.2, 0.25) is 0 Å². The van der Waals surface area contributed by atoms with E-state index in [-0.39, 0.29) is 29.3 Å². The normalized spacial score (nSPS) is 25.1. The Morgan fingerprint density at radius 2 is 2.11 bits per heavy atom. The summed E-state index contributed by atoms with van der Waals surface area (Å²) >= 11 is 0. The van der Waals surface area contributed by atoms with Gasteiger partial charge in [0.05, 0.1) is 11.5 Å². The van der Waals surface area contributed by atoms with Crippen LogP contribution in [0.5, 0.6) is 0 Å². The van der Waals surface area contributed by atoms with Gasteiger partial charge in [0, 0.05) is 6.04 Å². The van der Waals surface area contributed by atoms with E-state index < -0.39 is 21.7 Å². The second-order valence-corrected chi connectivity index (χ2v) is 7.08. The lowest BCUT2D eigenvalue weighted by atomic mass is 9.93. The van der Waals surface area contributed by atoms with Gasteiger partial charge in [0.25, 0.3) is 0 Å². The number of amides is 1.